The van der Waals surface area contributed by atoms with Gasteiger partial charge in [-0.1, -0.05) is 6.92 Å². The average Bonchev–Trinajstić information content (AvgIpc) is 3.13. The molecule has 0 radical (unpaired) electrons. The molecule has 0 aromatic heterocycles. The van der Waals surface area contributed by atoms with Gasteiger partial charge in [-0.25, -0.2) is 9.69 Å². The number of amides is 5. The van der Waals surface area contributed by atoms with Crippen LogP contribution in [0.25, 0.3) is 0 Å². The molecule has 3 rings (SSSR count). The van der Waals surface area contributed by atoms with Gasteiger partial charge >= 0.3 is 17.8 Å². The molecule has 1 fully saturated rings. The Morgan fingerprint density at radius 3 is 2.62 bits per heavy atom. The van der Waals surface area contributed by atoms with Crippen molar-refractivity contribution in [3.05, 3.63) is 23.3 Å². The van der Waals surface area contributed by atoms with Gasteiger partial charge in [0.15, 0.2) is 0 Å². The smallest absolute Gasteiger partial charge is 0.334 e. The predicted octanol–water partition coefficient (Wildman–Crippen LogP) is 1.23. The number of ether oxygens (including phenoxy) is 2. The molecule has 0 aliphatic carbocycles. The van der Waals surface area contributed by atoms with E-state index >= 15 is 0 Å². The first kappa shape index (κ1) is 20.6. The number of nitrogens with one attached hydrogen (secondary N) is 1. The fraction of sp³-hybridized carbons (Fsp3) is 0.500. The quantitative estimate of drug-likeness (QED) is 0.517. The van der Waals surface area contributed by atoms with Crippen molar-refractivity contribution in [2.45, 2.75) is 46.3 Å². The maximum Gasteiger partial charge on any atom is 0.334 e. The van der Waals surface area contributed by atoms with Gasteiger partial charge in [0.05, 0.1) is 6.61 Å². The summed E-state index contributed by atoms with van der Waals surface area (Å²) in [6.07, 6.45) is 1.41. The molecule has 0 bridgehead atoms. The number of urea groups is 1. The molecule has 2 heterocycles. The summed E-state index contributed by atoms with van der Waals surface area (Å²) in [5.74, 6) is -1.01. The minimum absolute atomic E-state index is 0.0834. The zero-order valence-electron chi connectivity index (χ0n) is 16.8. The normalized spacial score (nSPS) is 18.2. The van der Waals surface area contributed by atoms with Crippen LogP contribution in [0.2, 0.25) is 0 Å². The summed E-state index contributed by atoms with van der Waals surface area (Å²) in [5.41, 5.74) is 1.79. The second kappa shape index (κ2) is 8.50. The van der Waals surface area contributed by atoms with Gasteiger partial charge in [-0.2, -0.15) is 0 Å². The van der Waals surface area contributed by atoms with Gasteiger partial charge in [0, 0.05) is 30.6 Å². The van der Waals surface area contributed by atoms with E-state index in [1.54, 1.807) is 6.92 Å². The first-order valence-electron chi connectivity index (χ1n) is 9.74. The summed E-state index contributed by atoms with van der Waals surface area (Å²) >= 11 is 0. The molecule has 156 valence electrons. The van der Waals surface area contributed by atoms with E-state index in [-0.39, 0.29) is 19.2 Å². The molecule has 29 heavy (non-hydrogen) atoms. The number of nitrogens with zero attached hydrogens (tertiary/aromatic N) is 2. The second-order valence-electron chi connectivity index (χ2n) is 7.04. The number of hydrogen-bond acceptors (Lipinski definition) is 6. The molecular formula is C20H25N3O6. The molecule has 5 amide bonds. The Labute approximate surface area is 168 Å². The Kier molecular flexibility index (Phi) is 6.05. The highest BCUT2D eigenvalue weighted by Crippen LogP contribution is 2.35. The summed E-state index contributed by atoms with van der Waals surface area (Å²) in [6, 6.07) is 2.99. The first-order valence-corrected chi connectivity index (χ1v) is 9.74. The van der Waals surface area contributed by atoms with Crippen LogP contribution in [0.4, 0.5) is 4.79 Å². The van der Waals surface area contributed by atoms with Crippen LogP contribution in [0.1, 0.15) is 38.3 Å². The van der Waals surface area contributed by atoms with Crippen molar-refractivity contribution in [3.8, 4) is 11.5 Å². The Balaban J connectivity index is 1.65. The third kappa shape index (κ3) is 4.18. The van der Waals surface area contributed by atoms with E-state index in [0.29, 0.717) is 23.7 Å². The van der Waals surface area contributed by atoms with Crippen LogP contribution in [-0.2, 0) is 27.3 Å². The van der Waals surface area contributed by atoms with Crippen molar-refractivity contribution in [3.63, 3.8) is 0 Å². The zero-order chi connectivity index (χ0) is 21.1. The molecule has 9 heteroatoms. The molecule has 1 aromatic rings. The molecule has 2 aliphatic heterocycles. The van der Waals surface area contributed by atoms with Gasteiger partial charge in [0.2, 0.25) is 5.91 Å². The van der Waals surface area contributed by atoms with Crippen molar-refractivity contribution in [1.82, 2.24) is 15.1 Å². The number of carbonyl (C=O) groups excluding carboxylic acids is 4. The molecule has 0 saturated carbocycles. The number of imide groups is 2. The molecule has 2 aliphatic rings. The number of benzene rings is 1. The summed E-state index contributed by atoms with van der Waals surface area (Å²) in [4.78, 5) is 50.0. The van der Waals surface area contributed by atoms with E-state index in [1.807, 2.05) is 26.0 Å². The van der Waals surface area contributed by atoms with Gasteiger partial charge in [-0.05, 0) is 32.4 Å². The molecule has 1 N–H and O–H groups in total. The lowest BCUT2D eigenvalue weighted by Gasteiger charge is -2.16. The van der Waals surface area contributed by atoms with Crippen molar-refractivity contribution >= 4 is 23.8 Å². The lowest BCUT2D eigenvalue weighted by Crippen LogP contribution is -2.41. The monoisotopic (exact) mass is 403 g/mol. The lowest BCUT2D eigenvalue weighted by molar-refractivity contribution is -0.144. The molecule has 1 aromatic carbocycles. The van der Waals surface area contributed by atoms with E-state index in [4.69, 9.17) is 9.47 Å². The Hall–Kier alpha value is -3.10. The van der Waals surface area contributed by atoms with E-state index < -0.39 is 30.3 Å². The van der Waals surface area contributed by atoms with E-state index in [9.17, 15) is 19.2 Å². The highest BCUT2D eigenvalue weighted by molar-refractivity contribution is 6.45. The summed E-state index contributed by atoms with van der Waals surface area (Å²) in [5, 5.41) is 2.68. The van der Waals surface area contributed by atoms with Crippen molar-refractivity contribution < 1.29 is 28.7 Å². The van der Waals surface area contributed by atoms with Gasteiger partial charge in [-0.15, -0.1) is 0 Å². The largest absolute Gasteiger partial charge is 0.494 e. The number of fused-ring (bicyclic) bond motifs is 1. The molecule has 0 spiro atoms. The standard InChI is InChI=1S/C20H25N3O6/c1-4-6-22-18(25)19(26)23(20(22)27)11-17(24)21-10-14-9-16-13(7-12(3)29-16)8-15(14)28-5-2/h8-9,12H,4-7,10-11H2,1-3H3,(H,21,24)/t12-/m0/s1. The zero-order valence-corrected chi connectivity index (χ0v) is 16.8. The van der Waals surface area contributed by atoms with Crippen LogP contribution in [0.15, 0.2) is 12.1 Å². The topological polar surface area (TPSA) is 105 Å². The van der Waals surface area contributed by atoms with Crippen LogP contribution >= 0.6 is 0 Å². The molecule has 9 nitrogen and oxygen atoms in total. The Morgan fingerprint density at radius 1 is 1.21 bits per heavy atom. The van der Waals surface area contributed by atoms with Crippen LogP contribution < -0.4 is 14.8 Å². The Morgan fingerprint density at radius 2 is 1.93 bits per heavy atom. The minimum atomic E-state index is -0.978. The highest BCUT2D eigenvalue weighted by Gasteiger charge is 2.44. The SMILES string of the molecule is CCCN1C(=O)C(=O)N(CC(=O)NCc2cc3c(cc2OCC)C[C@H](C)O3)C1=O. The first-order chi connectivity index (χ1) is 13.8. The number of carbonyl (C=O) groups is 4. The van der Waals surface area contributed by atoms with Crippen LogP contribution in [0, 0.1) is 0 Å². The van der Waals surface area contributed by atoms with E-state index in [0.717, 1.165) is 28.2 Å². The summed E-state index contributed by atoms with van der Waals surface area (Å²) in [7, 11) is 0. The minimum Gasteiger partial charge on any atom is -0.494 e. The summed E-state index contributed by atoms with van der Waals surface area (Å²) < 4.78 is 11.4. The van der Waals surface area contributed by atoms with Gasteiger partial charge in [0.25, 0.3) is 0 Å². The number of hydrogen-bond donors (Lipinski definition) is 1. The van der Waals surface area contributed by atoms with Gasteiger partial charge in [0.1, 0.15) is 24.1 Å². The van der Waals surface area contributed by atoms with Crippen molar-refractivity contribution in [1.29, 1.82) is 0 Å². The fourth-order valence-corrected chi connectivity index (χ4v) is 3.41. The third-order valence-corrected chi connectivity index (χ3v) is 4.74. The second-order valence-corrected chi connectivity index (χ2v) is 7.04. The fourth-order valence-electron chi connectivity index (χ4n) is 3.41. The Bertz CT molecular complexity index is 853. The molecule has 1 saturated heterocycles. The number of rotatable bonds is 8. The van der Waals surface area contributed by atoms with Crippen molar-refractivity contribution in [2.24, 2.45) is 0 Å². The highest BCUT2D eigenvalue weighted by atomic mass is 16.5. The van der Waals surface area contributed by atoms with Crippen LogP contribution in [-0.4, -0.2) is 59.4 Å². The molecule has 0 unspecified atom stereocenters. The maximum atomic E-state index is 12.3. The molecular weight excluding hydrogens is 378 g/mol. The maximum absolute atomic E-state index is 12.3. The van der Waals surface area contributed by atoms with Crippen LogP contribution in [0.5, 0.6) is 11.5 Å². The lowest BCUT2D eigenvalue weighted by atomic mass is 10.1. The van der Waals surface area contributed by atoms with Gasteiger partial charge in [-0.3, -0.25) is 19.3 Å². The van der Waals surface area contributed by atoms with Gasteiger partial charge < -0.3 is 14.8 Å². The van der Waals surface area contributed by atoms with Crippen LogP contribution in [0.3, 0.4) is 0 Å². The van der Waals surface area contributed by atoms with Crippen molar-refractivity contribution in [2.75, 3.05) is 19.7 Å². The van der Waals surface area contributed by atoms with E-state index in [2.05, 4.69) is 5.32 Å². The average molecular weight is 403 g/mol. The third-order valence-electron chi connectivity index (χ3n) is 4.74. The molecule has 1 atom stereocenters. The predicted molar refractivity (Wildman–Crippen MR) is 102 cm³/mol. The van der Waals surface area contributed by atoms with E-state index in [1.165, 1.54) is 0 Å². The summed E-state index contributed by atoms with van der Waals surface area (Å²) in [6.45, 7) is 5.90.